The van der Waals surface area contributed by atoms with Gasteiger partial charge in [-0.05, 0) is 37.5 Å². The maximum Gasteiger partial charge on any atom is 0.240 e. The normalized spacial score (nSPS) is 15.2. The van der Waals surface area contributed by atoms with Crippen LogP contribution in [0.3, 0.4) is 0 Å². The molecule has 0 radical (unpaired) electrons. The van der Waals surface area contributed by atoms with Crippen LogP contribution in [0, 0.1) is 12.8 Å². The molecule has 4 nitrogen and oxygen atoms in total. The predicted octanol–water partition coefficient (Wildman–Crippen LogP) is 3.09. The van der Waals surface area contributed by atoms with Crippen LogP contribution < -0.4 is 5.32 Å². The second kappa shape index (κ2) is 5.61. The molecule has 1 fully saturated rings. The Bertz CT molecular complexity index is 499. The number of nitrogens with one attached hydrogen (secondary N) is 1. The number of rotatable bonds is 3. The highest BCUT2D eigenvalue weighted by Gasteiger charge is 2.23. The van der Waals surface area contributed by atoms with Gasteiger partial charge in [0.15, 0.2) is 0 Å². The lowest BCUT2D eigenvalue weighted by atomic mass is 10.1. The third-order valence-corrected chi connectivity index (χ3v) is 3.46. The summed E-state index contributed by atoms with van der Waals surface area (Å²) in [6, 6.07) is 5.32. The van der Waals surface area contributed by atoms with Crippen LogP contribution in [-0.4, -0.2) is 12.0 Å². The van der Waals surface area contributed by atoms with Crippen molar-refractivity contribution in [2.45, 2.75) is 32.6 Å². The summed E-state index contributed by atoms with van der Waals surface area (Å²) in [5, 5.41) is 2.92. The largest absolute Gasteiger partial charge is 0.326 e. The van der Waals surface area contributed by atoms with Crippen LogP contribution in [0.5, 0.6) is 0 Å². The molecule has 18 heavy (non-hydrogen) atoms. The highest BCUT2D eigenvalue weighted by Crippen LogP contribution is 2.29. The Hall–Kier alpha value is -1.93. The summed E-state index contributed by atoms with van der Waals surface area (Å²) in [5.74, 6) is 0.200. The highest BCUT2D eigenvalue weighted by atomic mass is 16.1. The molecule has 0 aromatic heterocycles. The highest BCUT2D eigenvalue weighted by molar-refractivity contribution is 5.94. The minimum absolute atomic E-state index is 0.0721. The van der Waals surface area contributed by atoms with Crippen molar-refractivity contribution in [2.24, 2.45) is 10.9 Å². The Kier molecular flexibility index (Phi) is 3.90. The van der Waals surface area contributed by atoms with Crippen LogP contribution >= 0.6 is 0 Å². The molecule has 0 atom stereocenters. The van der Waals surface area contributed by atoms with E-state index in [2.05, 4.69) is 10.3 Å². The zero-order valence-electron chi connectivity index (χ0n) is 10.4. The van der Waals surface area contributed by atoms with E-state index in [0.717, 1.165) is 36.9 Å². The van der Waals surface area contributed by atoms with Crippen molar-refractivity contribution >= 4 is 23.4 Å². The molecule has 1 N–H and O–H groups in total. The molecule has 4 heteroatoms. The topological polar surface area (TPSA) is 58.5 Å². The number of isocyanates is 1. The number of anilines is 1. The summed E-state index contributed by atoms with van der Waals surface area (Å²) in [5.41, 5.74) is 2.07. The van der Waals surface area contributed by atoms with E-state index in [0.29, 0.717) is 5.69 Å². The molecule has 0 bridgehead atoms. The molecule has 0 aliphatic heterocycles. The molecular formula is C14H16N2O2. The van der Waals surface area contributed by atoms with Crippen molar-refractivity contribution in [3.05, 3.63) is 23.8 Å². The molecule has 0 saturated heterocycles. The molecule has 0 unspecified atom stereocenters. The summed E-state index contributed by atoms with van der Waals surface area (Å²) in [7, 11) is 0. The first kappa shape index (κ1) is 12.5. The van der Waals surface area contributed by atoms with Crippen molar-refractivity contribution < 1.29 is 9.59 Å². The Morgan fingerprint density at radius 2 is 2.11 bits per heavy atom. The van der Waals surface area contributed by atoms with Crippen molar-refractivity contribution in [1.29, 1.82) is 0 Å². The molecule has 0 spiro atoms. The lowest BCUT2D eigenvalue weighted by Gasteiger charge is -2.13. The van der Waals surface area contributed by atoms with Gasteiger partial charge in [-0.2, -0.15) is 4.99 Å². The van der Waals surface area contributed by atoms with Crippen LogP contribution in [0.25, 0.3) is 0 Å². The molecule has 2 rings (SSSR count). The molecule has 1 saturated carbocycles. The third kappa shape index (κ3) is 2.66. The van der Waals surface area contributed by atoms with Crippen molar-refractivity contribution in [3.8, 4) is 0 Å². The Balaban J connectivity index is 2.15. The molecule has 94 valence electrons. The lowest BCUT2D eigenvalue weighted by Crippen LogP contribution is -2.20. The van der Waals surface area contributed by atoms with Gasteiger partial charge in [-0.1, -0.05) is 18.9 Å². The van der Waals surface area contributed by atoms with Gasteiger partial charge in [0.25, 0.3) is 0 Å². The monoisotopic (exact) mass is 244 g/mol. The number of hydrogen-bond acceptors (Lipinski definition) is 3. The van der Waals surface area contributed by atoms with Gasteiger partial charge in [-0.25, -0.2) is 4.79 Å². The van der Waals surface area contributed by atoms with Gasteiger partial charge in [-0.3, -0.25) is 4.79 Å². The number of carbonyl (C=O) groups is 1. The van der Waals surface area contributed by atoms with Crippen LogP contribution in [0.2, 0.25) is 0 Å². The van der Waals surface area contributed by atoms with Crippen molar-refractivity contribution in [1.82, 2.24) is 0 Å². The second-order valence-corrected chi connectivity index (χ2v) is 4.62. The summed E-state index contributed by atoms with van der Waals surface area (Å²) in [6.45, 7) is 1.83. The zero-order valence-corrected chi connectivity index (χ0v) is 10.4. The summed E-state index contributed by atoms with van der Waals surface area (Å²) in [6.07, 6.45) is 5.72. The number of aliphatic imine (C=N–C) groups is 1. The number of nitrogens with zero attached hydrogens (tertiary/aromatic N) is 1. The quantitative estimate of drug-likeness (QED) is 0.656. The smallest absolute Gasteiger partial charge is 0.240 e. The first-order valence-corrected chi connectivity index (χ1v) is 6.20. The first-order valence-electron chi connectivity index (χ1n) is 6.20. The van der Waals surface area contributed by atoms with Gasteiger partial charge in [0.1, 0.15) is 0 Å². The van der Waals surface area contributed by atoms with E-state index < -0.39 is 0 Å². The van der Waals surface area contributed by atoms with Crippen molar-refractivity contribution in [2.75, 3.05) is 5.32 Å². The van der Waals surface area contributed by atoms with E-state index >= 15 is 0 Å². The third-order valence-electron chi connectivity index (χ3n) is 3.46. The lowest BCUT2D eigenvalue weighted by molar-refractivity contribution is -0.119. The van der Waals surface area contributed by atoms with Gasteiger partial charge in [0.2, 0.25) is 12.0 Å². The Morgan fingerprint density at radius 3 is 2.78 bits per heavy atom. The van der Waals surface area contributed by atoms with Crippen molar-refractivity contribution in [3.63, 3.8) is 0 Å². The number of amides is 1. The number of benzene rings is 1. The van der Waals surface area contributed by atoms with Crippen LogP contribution in [-0.2, 0) is 9.59 Å². The summed E-state index contributed by atoms with van der Waals surface area (Å²) in [4.78, 5) is 25.9. The predicted molar refractivity (Wildman–Crippen MR) is 69.5 cm³/mol. The van der Waals surface area contributed by atoms with Crippen LogP contribution in [0.4, 0.5) is 11.4 Å². The van der Waals surface area contributed by atoms with Gasteiger partial charge >= 0.3 is 0 Å². The minimum atomic E-state index is 0.0721. The first-order chi connectivity index (χ1) is 8.72. The zero-order chi connectivity index (χ0) is 13.0. The molecule has 1 aromatic rings. The van der Waals surface area contributed by atoms with E-state index in [1.807, 2.05) is 13.0 Å². The molecule has 1 aliphatic rings. The minimum Gasteiger partial charge on any atom is -0.326 e. The second-order valence-electron chi connectivity index (χ2n) is 4.62. The Morgan fingerprint density at radius 1 is 1.39 bits per heavy atom. The molecule has 1 amide bonds. The standard InChI is InChI=1S/C14H16N2O2/c1-10-12(15-9-17)7-4-8-13(10)16-14(18)11-5-2-3-6-11/h4,7-8,11H,2-3,5-6H2,1H3,(H,16,18). The van der Waals surface area contributed by atoms with E-state index in [1.165, 1.54) is 6.08 Å². The average molecular weight is 244 g/mol. The maximum absolute atomic E-state index is 12.0. The van der Waals surface area contributed by atoms with Gasteiger partial charge in [-0.15, -0.1) is 0 Å². The van der Waals surface area contributed by atoms with Gasteiger partial charge in [0.05, 0.1) is 5.69 Å². The average Bonchev–Trinajstić information content (AvgIpc) is 2.88. The molecule has 1 aliphatic carbocycles. The SMILES string of the molecule is Cc1c(N=C=O)cccc1NC(=O)C1CCCC1. The fraction of sp³-hybridized carbons (Fsp3) is 0.429. The maximum atomic E-state index is 12.0. The number of carbonyl (C=O) groups excluding carboxylic acids is 2. The van der Waals surface area contributed by atoms with E-state index in [1.54, 1.807) is 12.1 Å². The van der Waals surface area contributed by atoms with Crippen LogP contribution in [0.1, 0.15) is 31.2 Å². The molecular weight excluding hydrogens is 228 g/mol. The van der Waals surface area contributed by atoms with E-state index in [9.17, 15) is 9.59 Å². The van der Waals surface area contributed by atoms with E-state index in [-0.39, 0.29) is 11.8 Å². The Labute approximate surface area is 106 Å². The fourth-order valence-electron chi connectivity index (χ4n) is 2.35. The number of hydrogen-bond donors (Lipinski definition) is 1. The fourth-order valence-corrected chi connectivity index (χ4v) is 2.35. The summed E-state index contributed by atoms with van der Waals surface area (Å²) < 4.78 is 0. The van der Waals surface area contributed by atoms with Gasteiger partial charge < -0.3 is 5.32 Å². The molecule has 1 aromatic carbocycles. The van der Waals surface area contributed by atoms with Crippen LogP contribution in [0.15, 0.2) is 23.2 Å². The van der Waals surface area contributed by atoms with Gasteiger partial charge in [0, 0.05) is 11.6 Å². The summed E-state index contributed by atoms with van der Waals surface area (Å²) >= 11 is 0. The van der Waals surface area contributed by atoms with E-state index in [4.69, 9.17) is 0 Å². The molecule has 0 heterocycles.